The fraction of sp³-hybridized carbons (Fsp3) is 0.800. The van der Waals surface area contributed by atoms with E-state index in [4.69, 9.17) is 15.3 Å². The molecule has 0 unspecified atom stereocenters. The van der Waals surface area contributed by atoms with Crippen LogP contribution in [0.4, 0.5) is 0 Å². The van der Waals surface area contributed by atoms with Crippen molar-refractivity contribution in [2.75, 3.05) is 51.8 Å². The molecular formula is C15H24NdO6S6. The zero-order valence-corrected chi connectivity index (χ0v) is 23.2. The first-order valence-corrected chi connectivity index (χ1v) is 14.7. The predicted octanol–water partition coefficient (Wildman–Crippen LogP) is 2.76. The average Bonchev–Trinajstić information content (AvgIpc) is 2.42. The SMILES string of the molecule is O=C(O)CSC1CSC1.O=C(O)CSC1CSC1.O=C(O)CSC1CSC1.[Nd]. The number of carbonyl (C=O) groups is 3. The van der Waals surface area contributed by atoms with Crippen molar-refractivity contribution in [2.45, 2.75) is 15.7 Å². The molecule has 0 aromatic rings. The molecule has 3 aliphatic rings. The summed E-state index contributed by atoms with van der Waals surface area (Å²) >= 11 is 10.3. The van der Waals surface area contributed by atoms with Crippen LogP contribution >= 0.6 is 70.6 Å². The summed E-state index contributed by atoms with van der Waals surface area (Å²) in [6, 6.07) is 0. The monoisotopic (exact) mass is 634 g/mol. The normalized spacial score (nSPS) is 18.4. The van der Waals surface area contributed by atoms with Crippen LogP contribution in [0.25, 0.3) is 0 Å². The van der Waals surface area contributed by atoms with Crippen molar-refractivity contribution < 1.29 is 70.5 Å². The van der Waals surface area contributed by atoms with E-state index in [1.807, 2.05) is 35.3 Å². The molecule has 0 aliphatic carbocycles. The summed E-state index contributed by atoms with van der Waals surface area (Å²) in [7, 11) is 0. The Labute approximate surface area is 223 Å². The van der Waals surface area contributed by atoms with Gasteiger partial charge in [0.1, 0.15) is 0 Å². The Morgan fingerprint density at radius 1 is 0.607 bits per heavy atom. The fourth-order valence-electron chi connectivity index (χ4n) is 1.50. The van der Waals surface area contributed by atoms with Crippen molar-refractivity contribution in [2.24, 2.45) is 0 Å². The minimum Gasteiger partial charge on any atom is -0.481 e. The van der Waals surface area contributed by atoms with Crippen molar-refractivity contribution >= 4 is 88.5 Å². The number of thioether (sulfide) groups is 6. The van der Waals surface area contributed by atoms with E-state index in [2.05, 4.69) is 0 Å². The second kappa shape index (κ2) is 18.4. The van der Waals surface area contributed by atoms with Gasteiger partial charge in [-0.05, 0) is 0 Å². The maximum atomic E-state index is 10.0. The van der Waals surface area contributed by atoms with Crippen LogP contribution in [0.2, 0.25) is 0 Å². The number of rotatable bonds is 9. The van der Waals surface area contributed by atoms with E-state index in [1.165, 1.54) is 0 Å². The van der Waals surface area contributed by atoms with Gasteiger partial charge in [0.25, 0.3) is 0 Å². The van der Waals surface area contributed by atoms with Gasteiger partial charge in [0.05, 0.1) is 17.3 Å². The van der Waals surface area contributed by atoms with Gasteiger partial charge in [-0.15, -0.1) is 35.3 Å². The molecule has 13 heteroatoms. The molecule has 0 spiro atoms. The Bertz CT molecular complexity index is 407. The third-order valence-corrected chi connectivity index (χ3v) is 11.9. The van der Waals surface area contributed by atoms with Crippen LogP contribution in [0, 0.1) is 40.8 Å². The maximum absolute atomic E-state index is 10.0. The second-order valence-corrected chi connectivity index (χ2v) is 12.7. The molecule has 28 heavy (non-hydrogen) atoms. The number of carboxylic acid groups (broad SMARTS) is 3. The molecule has 0 saturated carbocycles. The molecule has 6 nitrogen and oxygen atoms in total. The summed E-state index contributed by atoms with van der Waals surface area (Å²) in [5.74, 6) is 5.54. The molecule has 3 aliphatic heterocycles. The third kappa shape index (κ3) is 16.5. The number of carboxylic acids is 3. The number of hydrogen-bond donors (Lipinski definition) is 3. The maximum Gasteiger partial charge on any atom is 0.313 e. The Hall–Kier alpha value is 1.86. The molecule has 3 rings (SSSR count). The van der Waals surface area contributed by atoms with E-state index >= 15 is 0 Å². The molecule has 0 bridgehead atoms. The van der Waals surface area contributed by atoms with Crippen molar-refractivity contribution in [3.8, 4) is 0 Å². The first kappa shape index (κ1) is 29.9. The van der Waals surface area contributed by atoms with Crippen molar-refractivity contribution in [1.82, 2.24) is 0 Å². The fourth-order valence-corrected chi connectivity index (χ4v) is 7.96. The van der Waals surface area contributed by atoms with Crippen LogP contribution < -0.4 is 0 Å². The molecule has 0 aromatic carbocycles. The van der Waals surface area contributed by atoms with Gasteiger partial charge in [-0.1, -0.05) is 0 Å². The molecule has 3 saturated heterocycles. The Kier molecular flexibility index (Phi) is 19.7. The van der Waals surface area contributed by atoms with Crippen LogP contribution in [-0.4, -0.2) is 101 Å². The minimum absolute atomic E-state index is 0. The smallest absolute Gasteiger partial charge is 0.313 e. The van der Waals surface area contributed by atoms with E-state index in [0.29, 0.717) is 15.7 Å². The van der Waals surface area contributed by atoms with E-state index in [1.54, 1.807) is 35.3 Å². The van der Waals surface area contributed by atoms with Crippen molar-refractivity contribution in [3.63, 3.8) is 0 Å². The van der Waals surface area contributed by atoms with Crippen LogP contribution in [0.5, 0.6) is 0 Å². The van der Waals surface area contributed by atoms with Crippen LogP contribution in [0.15, 0.2) is 0 Å². The zero-order valence-electron chi connectivity index (χ0n) is 15.1. The van der Waals surface area contributed by atoms with Crippen molar-refractivity contribution in [3.05, 3.63) is 0 Å². The third-order valence-electron chi connectivity index (χ3n) is 3.15. The van der Waals surface area contributed by atoms with E-state index in [-0.39, 0.29) is 58.1 Å². The first-order valence-electron chi connectivity index (χ1n) is 8.10. The standard InChI is InChI=1S/3C5H8O2S2.Nd/c3*6-5(7)3-9-4-1-8-2-4;/h3*4H,1-3H2,(H,6,7);. The van der Waals surface area contributed by atoms with Crippen LogP contribution in [-0.2, 0) is 14.4 Å². The average molecular weight is 637 g/mol. The van der Waals surface area contributed by atoms with Crippen molar-refractivity contribution in [1.29, 1.82) is 0 Å². The molecule has 0 amide bonds. The second-order valence-electron chi connectivity index (χ2n) is 5.59. The van der Waals surface area contributed by atoms with Gasteiger partial charge in [-0.2, -0.15) is 35.3 Å². The molecule has 3 fully saturated rings. The summed E-state index contributed by atoms with van der Waals surface area (Å²) < 4.78 is 0. The van der Waals surface area contributed by atoms with E-state index < -0.39 is 17.9 Å². The van der Waals surface area contributed by atoms with Gasteiger partial charge in [-0.3, -0.25) is 14.4 Å². The number of hydrogen-bond acceptors (Lipinski definition) is 9. The summed E-state index contributed by atoms with van der Waals surface area (Å²) in [4.78, 5) is 30.0. The zero-order chi connectivity index (χ0) is 20.1. The van der Waals surface area contributed by atoms with Gasteiger partial charge in [-0.25, -0.2) is 0 Å². The van der Waals surface area contributed by atoms with Crippen LogP contribution in [0.3, 0.4) is 0 Å². The molecule has 0 aromatic heterocycles. The van der Waals surface area contributed by atoms with Gasteiger partial charge in [0, 0.05) is 91.1 Å². The molecular weight excluding hydrogens is 613 g/mol. The summed E-state index contributed by atoms with van der Waals surface area (Å²) in [6.45, 7) is 0. The molecule has 0 atom stereocenters. The Balaban J connectivity index is 0.000000384. The van der Waals surface area contributed by atoms with Gasteiger partial charge in [0.2, 0.25) is 0 Å². The minimum atomic E-state index is -0.697. The van der Waals surface area contributed by atoms with E-state index in [0.717, 1.165) is 34.5 Å². The molecule has 3 heterocycles. The first-order chi connectivity index (χ1) is 12.9. The van der Waals surface area contributed by atoms with Gasteiger partial charge >= 0.3 is 17.9 Å². The Morgan fingerprint density at radius 3 is 0.929 bits per heavy atom. The largest absolute Gasteiger partial charge is 0.481 e. The summed E-state index contributed by atoms with van der Waals surface area (Å²) in [5.41, 5.74) is 0. The Morgan fingerprint density at radius 2 is 0.821 bits per heavy atom. The molecule has 160 valence electrons. The van der Waals surface area contributed by atoms with Gasteiger partial charge < -0.3 is 15.3 Å². The van der Waals surface area contributed by atoms with Gasteiger partial charge in [0.15, 0.2) is 0 Å². The molecule has 3 N–H and O–H groups in total. The topological polar surface area (TPSA) is 112 Å². The van der Waals surface area contributed by atoms with E-state index in [9.17, 15) is 14.4 Å². The summed E-state index contributed by atoms with van der Waals surface area (Å²) in [6.07, 6.45) is 0. The van der Waals surface area contributed by atoms with Crippen LogP contribution in [0.1, 0.15) is 0 Å². The molecule has 0 radical (unpaired) electrons. The predicted molar refractivity (Wildman–Crippen MR) is 124 cm³/mol. The quantitative estimate of drug-likeness (QED) is 0.346. The number of aliphatic carboxylic acids is 3. The summed E-state index contributed by atoms with van der Waals surface area (Å²) in [5, 5.41) is 26.6.